The third-order valence-electron chi connectivity index (χ3n) is 3.79. The number of aromatic nitrogens is 1. The van der Waals surface area contributed by atoms with Crippen LogP contribution in [0.4, 0.5) is 17.2 Å². The average molecular weight is 319 g/mol. The second kappa shape index (κ2) is 7.04. The first kappa shape index (κ1) is 15.9. The molecule has 0 aliphatic carbocycles. The number of rotatable bonds is 5. The summed E-state index contributed by atoms with van der Waals surface area (Å²) in [5.74, 6) is 1.65. The SMILES string of the molecule is COc1ccc(Nc2cccc(-c3ccc(N(C)C)cc3)n2)cc1. The van der Waals surface area contributed by atoms with Gasteiger partial charge in [-0.1, -0.05) is 18.2 Å². The monoisotopic (exact) mass is 319 g/mol. The van der Waals surface area contributed by atoms with E-state index in [2.05, 4.69) is 34.5 Å². The molecule has 0 spiro atoms. The number of hydrogen-bond donors (Lipinski definition) is 1. The molecule has 3 aromatic rings. The number of pyridine rings is 1. The lowest BCUT2D eigenvalue weighted by Gasteiger charge is -2.13. The first-order valence-electron chi connectivity index (χ1n) is 7.81. The molecule has 4 heteroatoms. The van der Waals surface area contributed by atoms with Crippen molar-refractivity contribution in [2.24, 2.45) is 0 Å². The molecular formula is C20H21N3O. The Kier molecular flexibility index (Phi) is 4.66. The van der Waals surface area contributed by atoms with Crippen molar-refractivity contribution < 1.29 is 4.74 Å². The molecule has 0 bridgehead atoms. The van der Waals surface area contributed by atoms with Crippen LogP contribution >= 0.6 is 0 Å². The molecular weight excluding hydrogens is 298 g/mol. The number of methoxy groups -OCH3 is 1. The molecule has 1 aromatic heterocycles. The topological polar surface area (TPSA) is 37.4 Å². The van der Waals surface area contributed by atoms with Gasteiger partial charge in [-0.2, -0.15) is 0 Å². The molecule has 4 nitrogen and oxygen atoms in total. The molecule has 0 radical (unpaired) electrons. The van der Waals surface area contributed by atoms with E-state index in [0.717, 1.165) is 28.5 Å². The van der Waals surface area contributed by atoms with Gasteiger partial charge in [0.2, 0.25) is 0 Å². The average Bonchev–Trinajstić information content (AvgIpc) is 2.63. The van der Waals surface area contributed by atoms with Crippen LogP contribution in [0.1, 0.15) is 0 Å². The zero-order valence-corrected chi connectivity index (χ0v) is 14.2. The van der Waals surface area contributed by atoms with E-state index >= 15 is 0 Å². The molecule has 0 aliphatic heterocycles. The van der Waals surface area contributed by atoms with Gasteiger partial charge in [-0.05, 0) is 48.5 Å². The van der Waals surface area contributed by atoms with Gasteiger partial charge >= 0.3 is 0 Å². The van der Waals surface area contributed by atoms with E-state index in [1.165, 1.54) is 5.69 Å². The number of hydrogen-bond acceptors (Lipinski definition) is 4. The maximum Gasteiger partial charge on any atom is 0.131 e. The number of benzene rings is 2. The first-order valence-corrected chi connectivity index (χ1v) is 7.81. The van der Waals surface area contributed by atoms with Gasteiger partial charge in [0, 0.05) is 31.0 Å². The molecule has 0 saturated carbocycles. The highest BCUT2D eigenvalue weighted by Gasteiger charge is 2.03. The quantitative estimate of drug-likeness (QED) is 0.747. The predicted molar refractivity (Wildman–Crippen MR) is 100 cm³/mol. The lowest BCUT2D eigenvalue weighted by molar-refractivity contribution is 0.415. The van der Waals surface area contributed by atoms with E-state index in [1.54, 1.807) is 7.11 Å². The van der Waals surface area contributed by atoms with E-state index in [1.807, 2.05) is 56.6 Å². The number of nitrogens with one attached hydrogen (secondary N) is 1. The van der Waals surface area contributed by atoms with Crippen molar-refractivity contribution in [1.29, 1.82) is 0 Å². The largest absolute Gasteiger partial charge is 0.497 e. The summed E-state index contributed by atoms with van der Waals surface area (Å²) in [5.41, 5.74) is 4.19. The maximum atomic E-state index is 5.18. The van der Waals surface area contributed by atoms with Gasteiger partial charge in [0.15, 0.2) is 0 Å². The third-order valence-corrected chi connectivity index (χ3v) is 3.79. The fourth-order valence-electron chi connectivity index (χ4n) is 2.42. The smallest absolute Gasteiger partial charge is 0.131 e. The molecule has 2 aromatic carbocycles. The summed E-state index contributed by atoms with van der Waals surface area (Å²) in [4.78, 5) is 6.78. The molecule has 0 atom stereocenters. The minimum absolute atomic E-state index is 0.814. The first-order chi connectivity index (χ1) is 11.7. The molecule has 1 heterocycles. The Hall–Kier alpha value is -3.01. The van der Waals surface area contributed by atoms with Crippen molar-refractivity contribution in [1.82, 2.24) is 4.98 Å². The van der Waals surface area contributed by atoms with E-state index in [-0.39, 0.29) is 0 Å². The molecule has 1 N–H and O–H groups in total. The Morgan fingerprint density at radius 3 is 2.21 bits per heavy atom. The summed E-state index contributed by atoms with van der Waals surface area (Å²) >= 11 is 0. The van der Waals surface area contributed by atoms with Crippen LogP contribution in [-0.4, -0.2) is 26.2 Å². The minimum Gasteiger partial charge on any atom is -0.497 e. The van der Waals surface area contributed by atoms with E-state index < -0.39 is 0 Å². The number of ether oxygens (including phenoxy) is 1. The van der Waals surface area contributed by atoms with Gasteiger partial charge < -0.3 is 15.0 Å². The molecule has 0 unspecified atom stereocenters. The van der Waals surface area contributed by atoms with Crippen LogP contribution in [0.5, 0.6) is 5.75 Å². The van der Waals surface area contributed by atoms with Gasteiger partial charge in [0.05, 0.1) is 12.8 Å². The van der Waals surface area contributed by atoms with Gasteiger partial charge in [-0.3, -0.25) is 0 Å². The molecule has 0 saturated heterocycles. The van der Waals surface area contributed by atoms with Crippen LogP contribution in [0.3, 0.4) is 0 Å². The van der Waals surface area contributed by atoms with Gasteiger partial charge in [0.25, 0.3) is 0 Å². The Labute approximate surface area is 142 Å². The Balaban J connectivity index is 1.80. The fourth-order valence-corrected chi connectivity index (χ4v) is 2.42. The normalized spacial score (nSPS) is 10.3. The van der Waals surface area contributed by atoms with Crippen LogP contribution in [0.25, 0.3) is 11.3 Å². The highest BCUT2D eigenvalue weighted by Crippen LogP contribution is 2.24. The van der Waals surface area contributed by atoms with Crippen molar-refractivity contribution >= 4 is 17.2 Å². The summed E-state index contributed by atoms with van der Waals surface area (Å²) in [6.45, 7) is 0. The lowest BCUT2D eigenvalue weighted by atomic mass is 10.1. The standard InChI is InChI=1S/C20H21N3O/c1-23(2)17-11-7-15(8-12-17)19-5-4-6-20(22-19)21-16-9-13-18(24-3)14-10-16/h4-14H,1-3H3,(H,21,22). The van der Waals surface area contributed by atoms with Crippen LogP contribution < -0.4 is 15.0 Å². The second-order valence-electron chi connectivity index (χ2n) is 5.70. The zero-order valence-electron chi connectivity index (χ0n) is 14.2. The predicted octanol–water partition coefficient (Wildman–Crippen LogP) is 4.57. The summed E-state index contributed by atoms with van der Waals surface area (Å²) in [6, 6.07) is 22.2. The summed E-state index contributed by atoms with van der Waals surface area (Å²) in [5, 5.41) is 3.32. The fraction of sp³-hybridized carbons (Fsp3) is 0.150. The molecule has 0 aliphatic rings. The van der Waals surface area contributed by atoms with Crippen molar-refractivity contribution in [2.45, 2.75) is 0 Å². The summed E-state index contributed by atoms with van der Waals surface area (Å²) < 4.78 is 5.18. The van der Waals surface area contributed by atoms with E-state index in [4.69, 9.17) is 9.72 Å². The van der Waals surface area contributed by atoms with Gasteiger partial charge in [-0.25, -0.2) is 4.98 Å². The van der Waals surface area contributed by atoms with Crippen molar-refractivity contribution in [3.05, 3.63) is 66.7 Å². The van der Waals surface area contributed by atoms with Crippen LogP contribution in [-0.2, 0) is 0 Å². The molecule has 3 rings (SSSR count). The van der Waals surface area contributed by atoms with Crippen LogP contribution in [0.15, 0.2) is 66.7 Å². The zero-order chi connectivity index (χ0) is 16.9. The maximum absolute atomic E-state index is 5.18. The van der Waals surface area contributed by atoms with Crippen molar-refractivity contribution in [2.75, 3.05) is 31.4 Å². The summed E-state index contributed by atoms with van der Waals surface area (Å²) in [7, 11) is 5.73. The minimum atomic E-state index is 0.814. The van der Waals surface area contributed by atoms with E-state index in [0.29, 0.717) is 0 Å². The van der Waals surface area contributed by atoms with Crippen molar-refractivity contribution in [3.8, 4) is 17.0 Å². The van der Waals surface area contributed by atoms with Crippen molar-refractivity contribution in [3.63, 3.8) is 0 Å². The third kappa shape index (κ3) is 3.66. The number of nitrogens with zero attached hydrogens (tertiary/aromatic N) is 2. The molecule has 122 valence electrons. The van der Waals surface area contributed by atoms with Crippen LogP contribution in [0, 0.1) is 0 Å². The Morgan fingerprint density at radius 1 is 0.875 bits per heavy atom. The molecule has 0 fully saturated rings. The highest BCUT2D eigenvalue weighted by molar-refractivity contribution is 5.66. The molecule has 0 amide bonds. The molecule has 24 heavy (non-hydrogen) atoms. The Morgan fingerprint density at radius 2 is 1.58 bits per heavy atom. The van der Waals surface area contributed by atoms with E-state index in [9.17, 15) is 0 Å². The van der Waals surface area contributed by atoms with Crippen LogP contribution in [0.2, 0.25) is 0 Å². The lowest BCUT2D eigenvalue weighted by Crippen LogP contribution is -2.07. The number of anilines is 3. The van der Waals surface area contributed by atoms with Gasteiger partial charge in [0.1, 0.15) is 11.6 Å². The van der Waals surface area contributed by atoms with Gasteiger partial charge in [-0.15, -0.1) is 0 Å². The second-order valence-corrected chi connectivity index (χ2v) is 5.70. The summed E-state index contributed by atoms with van der Waals surface area (Å²) in [6.07, 6.45) is 0. The Bertz CT molecular complexity index is 796. The highest BCUT2D eigenvalue weighted by atomic mass is 16.5.